The molecule has 0 amide bonds. The first-order valence-corrected chi connectivity index (χ1v) is 37.0. The molecule has 2 atom stereocenters. The Labute approximate surface area is 542 Å². The smallest absolute Gasteiger partial charge is 0.306 e. The Bertz CT molecular complexity index is 2000. The van der Waals surface area contributed by atoms with Crippen molar-refractivity contribution in [2.45, 2.75) is 290 Å². The van der Waals surface area contributed by atoms with Gasteiger partial charge < -0.3 is 27.9 Å². The van der Waals surface area contributed by atoms with E-state index in [1.165, 1.54) is 128 Å². The summed E-state index contributed by atoms with van der Waals surface area (Å²) in [6, 6.07) is 0. The van der Waals surface area contributed by atoms with Crippen LogP contribution in [0.25, 0.3) is 0 Å². The number of ether oxygens (including phenoxy) is 2. The molecule has 0 spiro atoms. The number of phosphoric acid groups is 1. The number of carbonyl (C=O) groups is 2. The van der Waals surface area contributed by atoms with Crippen LogP contribution >= 0.6 is 7.82 Å². The fraction of sp³-hybridized carbons (Fsp3) is 0.667. The topological polar surface area (TPSA) is 111 Å². The average Bonchev–Trinajstić information content (AvgIpc) is 3.57. The third-order valence-corrected chi connectivity index (χ3v) is 15.8. The van der Waals surface area contributed by atoms with Gasteiger partial charge in [-0.15, -0.1) is 0 Å². The molecular weight excluding hydrogens is 1110 g/mol. The van der Waals surface area contributed by atoms with E-state index in [0.29, 0.717) is 17.4 Å². The monoisotopic (exact) mass is 1240 g/mol. The number of hydrogen-bond donors (Lipinski definition) is 0. The molecule has 0 aromatic rings. The standard InChI is InChI=1S/C78H132NO8P/c1-6-8-10-12-14-16-18-20-22-24-26-28-30-32-34-36-37-38-39-40-41-43-45-47-49-51-53-55-57-59-61-63-65-67-69-71-78(81)87-76(75-86-88(82,83)85-73-72-79(3,4)5)74-84-77(80)70-68-66-64-62-60-58-56-54-52-50-48-46-44-42-35-33-31-29-27-25-23-21-19-17-15-13-11-9-7-2/h8-11,14-17,20-23,26-29,32,34,37-38,40-41,45,47,76H,6-7,12-13,18-19,24-25,30-31,33,35-36,39,42-44,46,48-75H2,1-5H3/b10-8-,11-9-,16-14-,17-15-,22-20-,23-21-,28-26-,29-27-,34-32-,38-37-,41-40-,47-45-. The van der Waals surface area contributed by atoms with Crippen molar-refractivity contribution in [3.8, 4) is 0 Å². The zero-order chi connectivity index (χ0) is 64.1. The van der Waals surface area contributed by atoms with Crippen molar-refractivity contribution in [2.24, 2.45) is 0 Å². The van der Waals surface area contributed by atoms with Crippen LogP contribution in [0.2, 0.25) is 0 Å². The number of phosphoric ester groups is 1. The predicted molar refractivity (Wildman–Crippen MR) is 378 cm³/mol. The second-order valence-electron chi connectivity index (χ2n) is 24.5. The van der Waals surface area contributed by atoms with E-state index in [0.717, 1.165) is 122 Å². The van der Waals surface area contributed by atoms with Crippen LogP contribution in [0.15, 0.2) is 146 Å². The summed E-state index contributed by atoms with van der Waals surface area (Å²) in [5, 5.41) is 0. The maximum atomic E-state index is 12.9. The molecule has 2 unspecified atom stereocenters. The fourth-order valence-corrected chi connectivity index (χ4v) is 10.2. The van der Waals surface area contributed by atoms with Gasteiger partial charge in [-0.05, 0) is 116 Å². The SMILES string of the molecule is CC/C=C\C/C=C\C/C=C\C/C=C\C/C=C\C/C=C\C/C=C\C/C=C\CCCCCCCCCCCCC(=O)OC(COC(=O)CCCCCCCCCCCCCCCCCC/C=C\C/C=C\C/C=C\C/C=C\CC)COP(=O)([O-])OCC[N+](C)(C)C. The van der Waals surface area contributed by atoms with E-state index < -0.39 is 26.5 Å². The Morgan fingerprint density at radius 2 is 0.614 bits per heavy atom. The summed E-state index contributed by atoms with van der Waals surface area (Å²) in [5.74, 6) is -0.839. The molecule has 0 fully saturated rings. The van der Waals surface area contributed by atoms with Crippen LogP contribution in [0, 0.1) is 0 Å². The molecule has 88 heavy (non-hydrogen) atoms. The van der Waals surface area contributed by atoms with E-state index in [2.05, 4.69) is 160 Å². The van der Waals surface area contributed by atoms with Gasteiger partial charge in [0.25, 0.3) is 7.82 Å². The van der Waals surface area contributed by atoms with Crippen LogP contribution in [0.3, 0.4) is 0 Å². The lowest BCUT2D eigenvalue weighted by Crippen LogP contribution is -2.37. The highest BCUT2D eigenvalue weighted by atomic mass is 31.2. The largest absolute Gasteiger partial charge is 0.756 e. The van der Waals surface area contributed by atoms with Gasteiger partial charge in [0.15, 0.2) is 6.10 Å². The number of rotatable bonds is 64. The Morgan fingerprint density at radius 1 is 0.352 bits per heavy atom. The highest BCUT2D eigenvalue weighted by Gasteiger charge is 2.22. The molecule has 0 saturated heterocycles. The first kappa shape index (κ1) is 83.9. The Morgan fingerprint density at radius 3 is 0.909 bits per heavy atom. The highest BCUT2D eigenvalue weighted by Crippen LogP contribution is 2.38. The van der Waals surface area contributed by atoms with Crippen molar-refractivity contribution >= 4 is 19.8 Å². The molecule has 0 aromatic carbocycles. The molecule has 0 aromatic heterocycles. The number of esters is 2. The fourth-order valence-electron chi connectivity index (χ4n) is 9.49. The number of likely N-dealkylation sites (N-methyl/N-ethyl adjacent to an activating group) is 1. The number of nitrogens with zero attached hydrogens (tertiary/aromatic N) is 1. The van der Waals surface area contributed by atoms with Crippen molar-refractivity contribution in [1.82, 2.24) is 0 Å². The van der Waals surface area contributed by atoms with Crippen molar-refractivity contribution in [3.63, 3.8) is 0 Å². The average molecular weight is 1240 g/mol. The lowest BCUT2D eigenvalue weighted by molar-refractivity contribution is -0.870. The molecule has 502 valence electrons. The maximum absolute atomic E-state index is 12.9. The number of unbranched alkanes of at least 4 members (excludes halogenated alkanes) is 26. The normalized spacial score (nSPS) is 14.0. The van der Waals surface area contributed by atoms with E-state index in [1.54, 1.807) is 0 Å². The first-order valence-electron chi connectivity index (χ1n) is 35.5. The van der Waals surface area contributed by atoms with Crippen molar-refractivity contribution in [1.29, 1.82) is 0 Å². The van der Waals surface area contributed by atoms with Gasteiger partial charge in [0.2, 0.25) is 0 Å². The molecule has 0 aliphatic carbocycles. The first-order chi connectivity index (χ1) is 43.0. The second kappa shape index (κ2) is 67.3. The summed E-state index contributed by atoms with van der Waals surface area (Å²) in [4.78, 5) is 38.1. The zero-order valence-corrected chi connectivity index (χ0v) is 58.0. The van der Waals surface area contributed by atoms with Crippen LogP contribution in [0.1, 0.15) is 284 Å². The van der Waals surface area contributed by atoms with E-state index in [-0.39, 0.29) is 32.0 Å². The van der Waals surface area contributed by atoms with Gasteiger partial charge in [-0.2, -0.15) is 0 Å². The minimum absolute atomic E-state index is 0.0375. The van der Waals surface area contributed by atoms with Gasteiger partial charge in [0.1, 0.15) is 19.8 Å². The van der Waals surface area contributed by atoms with Gasteiger partial charge in [-0.1, -0.05) is 301 Å². The predicted octanol–water partition coefficient (Wildman–Crippen LogP) is 22.7. The van der Waals surface area contributed by atoms with Crippen LogP contribution in [0.4, 0.5) is 0 Å². The van der Waals surface area contributed by atoms with Crippen molar-refractivity contribution in [3.05, 3.63) is 146 Å². The zero-order valence-electron chi connectivity index (χ0n) is 57.1. The number of allylic oxidation sites excluding steroid dienone is 24. The minimum Gasteiger partial charge on any atom is -0.756 e. The molecule has 10 heteroatoms. The van der Waals surface area contributed by atoms with Crippen LogP contribution in [-0.4, -0.2) is 70.0 Å². The summed E-state index contributed by atoms with van der Waals surface area (Å²) in [6.07, 6.45) is 99.2. The maximum Gasteiger partial charge on any atom is 0.306 e. The van der Waals surface area contributed by atoms with Crippen molar-refractivity contribution in [2.75, 3.05) is 47.5 Å². The van der Waals surface area contributed by atoms with Crippen LogP contribution in [-0.2, 0) is 32.7 Å². The van der Waals surface area contributed by atoms with Gasteiger partial charge >= 0.3 is 11.9 Å². The van der Waals surface area contributed by atoms with Gasteiger partial charge in [-0.25, -0.2) is 0 Å². The van der Waals surface area contributed by atoms with Crippen LogP contribution < -0.4 is 4.89 Å². The third-order valence-electron chi connectivity index (χ3n) is 14.9. The molecule has 0 aliphatic rings. The van der Waals surface area contributed by atoms with E-state index in [1.807, 2.05) is 21.1 Å². The third kappa shape index (κ3) is 71.0. The van der Waals surface area contributed by atoms with Crippen LogP contribution in [0.5, 0.6) is 0 Å². The van der Waals surface area contributed by atoms with E-state index >= 15 is 0 Å². The molecule has 0 rings (SSSR count). The molecule has 0 aliphatic heterocycles. The van der Waals surface area contributed by atoms with E-state index in [9.17, 15) is 19.0 Å². The molecule has 0 radical (unpaired) electrons. The summed E-state index contributed by atoms with van der Waals surface area (Å²) >= 11 is 0. The molecule has 0 heterocycles. The molecule has 9 nitrogen and oxygen atoms in total. The summed E-state index contributed by atoms with van der Waals surface area (Å²) in [7, 11) is 1.15. The number of hydrogen-bond acceptors (Lipinski definition) is 8. The molecular formula is C78H132NO8P. The quantitative estimate of drug-likeness (QED) is 0.0195. The Kier molecular flexibility index (Phi) is 64.1. The Balaban J connectivity index is 4.09. The molecule has 0 N–H and O–H groups in total. The minimum atomic E-state index is -4.65. The highest BCUT2D eigenvalue weighted by molar-refractivity contribution is 7.45. The summed E-state index contributed by atoms with van der Waals surface area (Å²) in [6.45, 7) is 4.02. The lowest BCUT2D eigenvalue weighted by atomic mass is 10.0. The molecule has 0 saturated carbocycles. The molecule has 0 bridgehead atoms. The number of carbonyl (C=O) groups excluding carboxylic acids is 2. The lowest BCUT2D eigenvalue weighted by Gasteiger charge is -2.28. The Hall–Kier alpha value is -4.11. The van der Waals surface area contributed by atoms with Crippen molar-refractivity contribution < 1.29 is 42.1 Å². The van der Waals surface area contributed by atoms with E-state index in [4.69, 9.17) is 18.5 Å². The van der Waals surface area contributed by atoms with Gasteiger partial charge in [0.05, 0.1) is 27.7 Å². The van der Waals surface area contributed by atoms with Gasteiger partial charge in [0, 0.05) is 12.8 Å². The summed E-state index contributed by atoms with van der Waals surface area (Å²) in [5.41, 5.74) is 0. The number of quaternary nitrogens is 1. The summed E-state index contributed by atoms with van der Waals surface area (Å²) < 4.78 is 34.3. The van der Waals surface area contributed by atoms with Gasteiger partial charge in [-0.3, -0.25) is 14.2 Å². The second-order valence-corrected chi connectivity index (χ2v) is 25.9.